The third-order valence-electron chi connectivity index (χ3n) is 3.30. The maximum atomic E-state index is 11.9. The van der Waals surface area contributed by atoms with Gasteiger partial charge >= 0.3 is 0 Å². The molecule has 0 unspecified atom stereocenters. The van der Waals surface area contributed by atoms with Gasteiger partial charge < -0.3 is 9.73 Å². The van der Waals surface area contributed by atoms with E-state index in [1.165, 1.54) is 11.3 Å². The van der Waals surface area contributed by atoms with Crippen molar-refractivity contribution in [2.45, 2.75) is 32.6 Å². The first-order chi connectivity index (χ1) is 11.7. The standard InChI is InChI=1S/C16H17N5O2S/c1-2-14-19-21-16(24-14)17-12(22)9-6-10-13-18-20-15(23-13)11-7-4-3-5-8-11/h3-5,7-8H,2,6,9-10H2,1H3,(H,17,21,22). The molecule has 7 nitrogen and oxygen atoms in total. The van der Waals surface area contributed by atoms with Gasteiger partial charge in [-0.15, -0.1) is 20.4 Å². The molecule has 124 valence electrons. The van der Waals surface area contributed by atoms with E-state index in [2.05, 4.69) is 25.7 Å². The van der Waals surface area contributed by atoms with E-state index in [-0.39, 0.29) is 5.91 Å². The molecule has 0 atom stereocenters. The molecule has 8 heteroatoms. The van der Waals surface area contributed by atoms with Gasteiger partial charge in [0.15, 0.2) is 0 Å². The third kappa shape index (κ3) is 4.23. The van der Waals surface area contributed by atoms with Gasteiger partial charge in [-0.3, -0.25) is 4.79 Å². The van der Waals surface area contributed by atoms with Gasteiger partial charge in [0.1, 0.15) is 5.01 Å². The van der Waals surface area contributed by atoms with Crippen LogP contribution in [0.1, 0.15) is 30.7 Å². The minimum atomic E-state index is -0.0865. The number of carbonyl (C=O) groups excluding carboxylic acids is 1. The highest BCUT2D eigenvalue weighted by Crippen LogP contribution is 2.18. The molecule has 1 amide bonds. The summed E-state index contributed by atoms with van der Waals surface area (Å²) in [6.07, 6.45) is 2.36. The predicted octanol–water partition coefficient (Wildman–Crippen LogP) is 3.11. The Balaban J connectivity index is 1.46. The van der Waals surface area contributed by atoms with Gasteiger partial charge in [0.25, 0.3) is 0 Å². The molecule has 2 aromatic heterocycles. The molecule has 2 heterocycles. The lowest BCUT2D eigenvalue weighted by Crippen LogP contribution is -2.11. The summed E-state index contributed by atoms with van der Waals surface area (Å²) in [5, 5.41) is 20.1. The molecule has 0 aliphatic rings. The van der Waals surface area contributed by atoms with Crippen LogP contribution in [0.25, 0.3) is 11.5 Å². The molecule has 0 aliphatic carbocycles. The molecular weight excluding hydrogens is 326 g/mol. The summed E-state index contributed by atoms with van der Waals surface area (Å²) in [6.45, 7) is 2.00. The van der Waals surface area contributed by atoms with Crippen LogP contribution in [0.3, 0.4) is 0 Å². The van der Waals surface area contributed by atoms with Gasteiger partial charge in [0.05, 0.1) is 0 Å². The first-order valence-corrected chi connectivity index (χ1v) is 8.56. The monoisotopic (exact) mass is 343 g/mol. The molecule has 0 fully saturated rings. The fourth-order valence-corrected chi connectivity index (χ4v) is 2.78. The Hall–Kier alpha value is -2.61. The number of anilines is 1. The van der Waals surface area contributed by atoms with E-state index in [4.69, 9.17) is 4.42 Å². The van der Waals surface area contributed by atoms with E-state index in [0.717, 1.165) is 17.0 Å². The quantitative estimate of drug-likeness (QED) is 0.708. The maximum absolute atomic E-state index is 11.9. The Morgan fingerprint density at radius 1 is 1.17 bits per heavy atom. The van der Waals surface area contributed by atoms with Gasteiger partial charge in [-0.05, 0) is 25.0 Å². The van der Waals surface area contributed by atoms with Gasteiger partial charge in [0.2, 0.25) is 22.8 Å². The average molecular weight is 343 g/mol. The molecule has 24 heavy (non-hydrogen) atoms. The number of hydrogen-bond acceptors (Lipinski definition) is 7. The van der Waals surface area contributed by atoms with E-state index in [0.29, 0.717) is 36.2 Å². The summed E-state index contributed by atoms with van der Waals surface area (Å²) in [7, 11) is 0. The summed E-state index contributed by atoms with van der Waals surface area (Å²) in [5.74, 6) is 0.943. The highest BCUT2D eigenvalue weighted by atomic mass is 32.1. The zero-order valence-electron chi connectivity index (χ0n) is 13.2. The highest BCUT2D eigenvalue weighted by Gasteiger charge is 2.10. The minimum Gasteiger partial charge on any atom is -0.421 e. The Morgan fingerprint density at radius 2 is 2.00 bits per heavy atom. The molecule has 1 N–H and O–H groups in total. The molecule has 0 saturated heterocycles. The summed E-state index contributed by atoms with van der Waals surface area (Å²) in [4.78, 5) is 11.9. The number of amides is 1. The van der Waals surface area contributed by atoms with Crippen LogP contribution >= 0.6 is 11.3 Å². The maximum Gasteiger partial charge on any atom is 0.247 e. The van der Waals surface area contributed by atoms with Crippen LogP contribution in [0, 0.1) is 0 Å². The largest absolute Gasteiger partial charge is 0.421 e. The van der Waals surface area contributed by atoms with Crippen LogP contribution < -0.4 is 5.32 Å². The van der Waals surface area contributed by atoms with E-state index in [1.54, 1.807) is 0 Å². The Morgan fingerprint density at radius 3 is 2.75 bits per heavy atom. The van der Waals surface area contributed by atoms with Gasteiger partial charge in [0, 0.05) is 18.4 Å². The lowest BCUT2D eigenvalue weighted by Gasteiger charge is -1.99. The van der Waals surface area contributed by atoms with Crippen molar-refractivity contribution in [2.24, 2.45) is 0 Å². The van der Waals surface area contributed by atoms with Crippen LogP contribution in [0.5, 0.6) is 0 Å². The Bertz CT molecular complexity index is 800. The fourth-order valence-electron chi connectivity index (χ4n) is 2.08. The number of hydrogen-bond donors (Lipinski definition) is 1. The number of benzene rings is 1. The van der Waals surface area contributed by atoms with Crippen molar-refractivity contribution in [3.8, 4) is 11.5 Å². The van der Waals surface area contributed by atoms with Crippen molar-refractivity contribution in [2.75, 3.05) is 5.32 Å². The van der Waals surface area contributed by atoms with E-state index in [9.17, 15) is 4.79 Å². The lowest BCUT2D eigenvalue weighted by molar-refractivity contribution is -0.116. The van der Waals surface area contributed by atoms with Crippen LogP contribution in [-0.2, 0) is 17.6 Å². The van der Waals surface area contributed by atoms with E-state index >= 15 is 0 Å². The summed E-state index contributed by atoms with van der Waals surface area (Å²) in [6, 6.07) is 9.59. The fraction of sp³-hybridized carbons (Fsp3) is 0.312. The normalized spacial score (nSPS) is 10.7. The second-order valence-electron chi connectivity index (χ2n) is 5.12. The molecule has 3 aromatic rings. The average Bonchev–Trinajstić information content (AvgIpc) is 3.25. The minimum absolute atomic E-state index is 0.0865. The van der Waals surface area contributed by atoms with E-state index < -0.39 is 0 Å². The SMILES string of the molecule is CCc1nnc(NC(=O)CCCc2nnc(-c3ccccc3)o2)s1. The van der Waals surface area contributed by atoms with Crippen molar-refractivity contribution in [1.82, 2.24) is 20.4 Å². The van der Waals surface area contributed by atoms with Crippen LogP contribution in [-0.4, -0.2) is 26.3 Å². The molecule has 0 saturated carbocycles. The first-order valence-electron chi connectivity index (χ1n) is 7.74. The van der Waals surface area contributed by atoms with Gasteiger partial charge in [-0.25, -0.2) is 0 Å². The molecule has 0 radical (unpaired) electrons. The molecule has 0 bridgehead atoms. The van der Waals surface area contributed by atoms with Crippen molar-refractivity contribution in [3.63, 3.8) is 0 Å². The van der Waals surface area contributed by atoms with E-state index in [1.807, 2.05) is 37.3 Å². The zero-order valence-corrected chi connectivity index (χ0v) is 14.0. The predicted molar refractivity (Wildman–Crippen MR) is 90.6 cm³/mol. The second-order valence-corrected chi connectivity index (χ2v) is 6.19. The van der Waals surface area contributed by atoms with Gasteiger partial charge in [-0.2, -0.15) is 0 Å². The smallest absolute Gasteiger partial charge is 0.247 e. The number of nitrogens with zero attached hydrogens (tertiary/aromatic N) is 4. The summed E-state index contributed by atoms with van der Waals surface area (Å²) < 4.78 is 5.61. The summed E-state index contributed by atoms with van der Waals surface area (Å²) >= 11 is 1.40. The number of aromatic nitrogens is 4. The molecular formula is C16H17N5O2S. The first kappa shape index (κ1) is 16.3. The number of aryl methyl sites for hydroxylation is 2. The van der Waals surface area contributed by atoms with Gasteiger partial charge in [-0.1, -0.05) is 36.5 Å². The highest BCUT2D eigenvalue weighted by molar-refractivity contribution is 7.15. The van der Waals surface area contributed by atoms with Crippen LogP contribution in [0.15, 0.2) is 34.7 Å². The lowest BCUT2D eigenvalue weighted by atomic mass is 10.2. The summed E-state index contributed by atoms with van der Waals surface area (Å²) in [5.41, 5.74) is 0.886. The Labute approximate surface area is 143 Å². The Kier molecular flexibility index (Phi) is 5.27. The van der Waals surface area contributed by atoms with Crippen molar-refractivity contribution in [3.05, 3.63) is 41.2 Å². The van der Waals surface area contributed by atoms with Crippen molar-refractivity contribution < 1.29 is 9.21 Å². The third-order valence-corrected chi connectivity index (χ3v) is 4.28. The number of carbonyl (C=O) groups is 1. The zero-order chi connectivity index (χ0) is 16.8. The number of nitrogens with one attached hydrogen (secondary N) is 1. The molecule has 0 spiro atoms. The molecule has 1 aromatic carbocycles. The van der Waals surface area contributed by atoms with Crippen LogP contribution in [0.2, 0.25) is 0 Å². The van der Waals surface area contributed by atoms with Crippen molar-refractivity contribution >= 4 is 22.4 Å². The van der Waals surface area contributed by atoms with Crippen molar-refractivity contribution in [1.29, 1.82) is 0 Å². The number of rotatable bonds is 7. The topological polar surface area (TPSA) is 93.8 Å². The van der Waals surface area contributed by atoms with Crippen LogP contribution in [0.4, 0.5) is 5.13 Å². The second kappa shape index (κ2) is 7.78. The molecule has 0 aliphatic heterocycles. The molecule has 3 rings (SSSR count).